The molecule has 2 N–H and O–H groups in total. The fourth-order valence-corrected chi connectivity index (χ4v) is 5.12. The summed E-state index contributed by atoms with van der Waals surface area (Å²) >= 11 is 1.26. The van der Waals surface area contributed by atoms with Gasteiger partial charge in [0.1, 0.15) is 23.4 Å². The van der Waals surface area contributed by atoms with E-state index in [-0.39, 0.29) is 29.0 Å². The van der Waals surface area contributed by atoms with Gasteiger partial charge in [-0.15, -0.1) is 0 Å². The average Bonchev–Trinajstić information content (AvgIpc) is 3.50. The highest BCUT2D eigenvalue weighted by atomic mass is 32.1. The number of benzene rings is 2. The minimum absolute atomic E-state index is 0.0702. The van der Waals surface area contributed by atoms with Crippen LogP contribution in [0.4, 0.5) is 9.52 Å². The molecule has 0 spiro atoms. The molecule has 8 nitrogen and oxygen atoms in total. The standard InChI is InChI=1S/C24H22FN5O3S/c1-33-18-12-15(25)9-10-16(18)20-28-22(32)19-23(29-20)34-24(27-19)30-11-5-8-17(30)21(31)26-13-14-6-3-2-4-7-14/h2-4,6-7,9-10,12,17H,5,8,11,13H2,1H3,(H,26,31)(H,28,29,32)/t17-/m1/s1. The Morgan fingerprint density at radius 3 is 2.88 bits per heavy atom. The van der Waals surface area contributed by atoms with Crippen LogP contribution in [0.25, 0.3) is 21.7 Å². The Kier molecular flexibility index (Phi) is 5.97. The molecule has 5 rings (SSSR count). The second kappa shape index (κ2) is 9.22. The molecule has 0 radical (unpaired) electrons. The van der Waals surface area contributed by atoms with Crippen molar-refractivity contribution >= 4 is 32.7 Å². The summed E-state index contributed by atoms with van der Waals surface area (Å²) in [4.78, 5) is 39.8. The molecular formula is C24H22FN5O3S. The third-order valence-corrected chi connectivity index (χ3v) is 6.77. The lowest BCUT2D eigenvalue weighted by atomic mass is 10.2. The van der Waals surface area contributed by atoms with Gasteiger partial charge < -0.3 is 19.9 Å². The molecule has 0 unspecified atom stereocenters. The number of carbonyl (C=O) groups is 1. The van der Waals surface area contributed by atoms with Gasteiger partial charge in [-0.25, -0.2) is 14.4 Å². The average molecular weight is 480 g/mol. The number of H-pyrrole nitrogens is 1. The maximum atomic E-state index is 13.6. The number of hydrogen-bond donors (Lipinski definition) is 2. The predicted molar refractivity (Wildman–Crippen MR) is 129 cm³/mol. The number of fused-ring (bicyclic) bond motifs is 1. The maximum absolute atomic E-state index is 13.6. The van der Waals surface area contributed by atoms with Gasteiger partial charge in [-0.1, -0.05) is 41.7 Å². The van der Waals surface area contributed by atoms with Gasteiger partial charge in [0.05, 0.1) is 12.7 Å². The van der Waals surface area contributed by atoms with Crippen molar-refractivity contribution in [1.29, 1.82) is 0 Å². The molecule has 1 fully saturated rings. The number of hydrogen-bond acceptors (Lipinski definition) is 7. The molecule has 0 bridgehead atoms. The summed E-state index contributed by atoms with van der Waals surface area (Å²) < 4.78 is 18.8. The lowest BCUT2D eigenvalue weighted by Crippen LogP contribution is -2.43. The number of nitrogens with one attached hydrogen (secondary N) is 2. The van der Waals surface area contributed by atoms with Crippen LogP contribution in [0.15, 0.2) is 53.3 Å². The van der Waals surface area contributed by atoms with Crippen molar-refractivity contribution in [2.45, 2.75) is 25.4 Å². The molecule has 174 valence electrons. The Labute approximate surface area is 198 Å². The first-order valence-electron chi connectivity index (χ1n) is 10.9. The summed E-state index contributed by atoms with van der Waals surface area (Å²) in [6, 6.07) is 13.4. The number of anilines is 1. The largest absolute Gasteiger partial charge is 0.496 e. The van der Waals surface area contributed by atoms with Crippen molar-refractivity contribution in [3.8, 4) is 17.1 Å². The lowest BCUT2D eigenvalue weighted by molar-refractivity contribution is -0.122. The highest BCUT2D eigenvalue weighted by Crippen LogP contribution is 2.33. The minimum atomic E-state index is -0.449. The van der Waals surface area contributed by atoms with Gasteiger partial charge in [-0.3, -0.25) is 9.59 Å². The maximum Gasteiger partial charge on any atom is 0.278 e. The van der Waals surface area contributed by atoms with Gasteiger partial charge in [0.2, 0.25) is 5.91 Å². The summed E-state index contributed by atoms with van der Waals surface area (Å²) in [7, 11) is 1.43. The van der Waals surface area contributed by atoms with E-state index in [1.54, 1.807) is 0 Å². The van der Waals surface area contributed by atoms with E-state index >= 15 is 0 Å². The number of rotatable bonds is 6. The van der Waals surface area contributed by atoms with Crippen molar-refractivity contribution in [2.24, 2.45) is 0 Å². The van der Waals surface area contributed by atoms with Crippen LogP contribution in [0.1, 0.15) is 18.4 Å². The van der Waals surface area contributed by atoms with Gasteiger partial charge in [-0.05, 0) is 30.5 Å². The van der Waals surface area contributed by atoms with Crippen molar-refractivity contribution in [3.05, 3.63) is 70.3 Å². The Balaban J connectivity index is 1.42. The summed E-state index contributed by atoms with van der Waals surface area (Å²) in [6.45, 7) is 1.12. The number of methoxy groups -OCH3 is 1. The van der Waals surface area contributed by atoms with Crippen LogP contribution in [0.3, 0.4) is 0 Å². The van der Waals surface area contributed by atoms with E-state index < -0.39 is 11.4 Å². The topological polar surface area (TPSA) is 100 Å². The van der Waals surface area contributed by atoms with E-state index in [9.17, 15) is 14.0 Å². The molecule has 1 saturated heterocycles. The molecule has 4 aromatic rings. The summed E-state index contributed by atoms with van der Waals surface area (Å²) in [5.41, 5.74) is 1.30. The third kappa shape index (κ3) is 4.24. The molecule has 10 heteroatoms. The smallest absolute Gasteiger partial charge is 0.278 e. The minimum Gasteiger partial charge on any atom is -0.496 e. The second-order valence-corrected chi connectivity index (χ2v) is 8.92. The van der Waals surface area contributed by atoms with Crippen LogP contribution in [0.5, 0.6) is 5.75 Å². The molecule has 1 atom stereocenters. The number of nitrogens with zero attached hydrogens (tertiary/aromatic N) is 3. The van der Waals surface area contributed by atoms with Gasteiger partial charge in [-0.2, -0.15) is 0 Å². The Bertz CT molecular complexity index is 1410. The van der Waals surface area contributed by atoms with Crippen molar-refractivity contribution < 1.29 is 13.9 Å². The zero-order valence-electron chi connectivity index (χ0n) is 18.4. The van der Waals surface area contributed by atoms with E-state index in [4.69, 9.17) is 4.74 Å². The highest BCUT2D eigenvalue weighted by molar-refractivity contribution is 7.21. The number of thiazole rings is 1. The first kappa shape index (κ1) is 22.0. The van der Waals surface area contributed by atoms with E-state index in [0.717, 1.165) is 12.0 Å². The number of aromatic nitrogens is 3. The molecule has 34 heavy (non-hydrogen) atoms. The van der Waals surface area contributed by atoms with Gasteiger partial charge >= 0.3 is 0 Å². The summed E-state index contributed by atoms with van der Waals surface area (Å²) in [5.74, 6) is 0.0130. The highest BCUT2D eigenvalue weighted by Gasteiger charge is 2.33. The molecule has 1 aliphatic rings. The first-order chi connectivity index (χ1) is 16.5. The Morgan fingerprint density at radius 2 is 2.09 bits per heavy atom. The Morgan fingerprint density at radius 1 is 1.26 bits per heavy atom. The molecule has 2 aromatic heterocycles. The van der Waals surface area contributed by atoms with Crippen LogP contribution in [-0.4, -0.2) is 40.6 Å². The van der Waals surface area contributed by atoms with Crippen molar-refractivity contribution in [3.63, 3.8) is 0 Å². The molecule has 1 aliphatic heterocycles. The van der Waals surface area contributed by atoms with E-state index in [0.29, 0.717) is 35.0 Å². The van der Waals surface area contributed by atoms with Crippen molar-refractivity contribution in [2.75, 3.05) is 18.6 Å². The number of amides is 1. The van der Waals surface area contributed by atoms with Crippen LogP contribution in [-0.2, 0) is 11.3 Å². The molecule has 1 amide bonds. The van der Waals surface area contributed by atoms with Gasteiger partial charge in [0.25, 0.3) is 5.56 Å². The first-order valence-corrected chi connectivity index (χ1v) is 11.7. The fourth-order valence-electron chi connectivity index (χ4n) is 4.10. The molecule has 3 heterocycles. The van der Waals surface area contributed by atoms with Crippen LogP contribution in [0, 0.1) is 5.82 Å². The molecule has 0 aliphatic carbocycles. The molecular weight excluding hydrogens is 457 g/mol. The lowest BCUT2D eigenvalue weighted by Gasteiger charge is -2.23. The number of carbonyl (C=O) groups excluding carboxylic acids is 1. The second-order valence-electron chi connectivity index (χ2n) is 7.96. The summed E-state index contributed by atoms with van der Waals surface area (Å²) in [6.07, 6.45) is 1.56. The monoisotopic (exact) mass is 479 g/mol. The number of aromatic amines is 1. The summed E-state index contributed by atoms with van der Waals surface area (Å²) in [5, 5.41) is 3.58. The third-order valence-electron chi connectivity index (χ3n) is 5.79. The Hall–Kier alpha value is -3.79. The van der Waals surface area contributed by atoms with Crippen LogP contribution < -0.4 is 20.5 Å². The normalized spacial score (nSPS) is 15.6. The van der Waals surface area contributed by atoms with E-state index in [2.05, 4.69) is 20.3 Å². The van der Waals surface area contributed by atoms with Crippen LogP contribution >= 0.6 is 11.3 Å². The van der Waals surface area contributed by atoms with Crippen LogP contribution in [0.2, 0.25) is 0 Å². The van der Waals surface area contributed by atoms with E-state index in [1.165, 1.54) is 36.6 Å². The molecule has 0 saturated carbocycles. The van der Waals surface area contributed by atoms with Gasteiger partial charge in [0.15, 0.2) is 15.5 Å². The predicted octanol–water partition coefficient (Wildman–Crippen LogP) is 3.48. The molecule has 2 aromatic carbocycles. The van der Waals surface area contributed by atoms with E-state index in [1.807, 2.05) is 35.2 Å². The SMILES string of the molecule is COc1cc(F)ccc1-c1nc2sc(N3CCC[C@@H]3C(=O)NCc3ccccc3)nc2c(=O)[nH]1. The number of ether oxygens (including phenoxy) is 1. The fraction of sp³-hybridized carbons (Fsp3) is 0.250. The van der Waals surface area contributed by atoms with Crippen molar-refractivity contribution in [1.82, 2.24) is 20.3 Å². The quantitative estimate of drug-likeness (QED) is 0.439. The zero-order valence-corrected chi connectivity index (χ0v) is 19.2. The zero-order chi connectivity index (χ0) is 23.7. The van der Waals surface area contributed by atoms with Gasteiger partial charge in [0, 0.05) is 19.2 Å². The number of halogens is 1.